The fourth-order valence-corrected chi connectivity index (χ4v) is 3.49. The molecule has 2 aromatic heterocycles. The van der Waals surface area contributed by atoms with Crippen molar-refractivity contribution in [2.45, 2.75) is 6.54 Å². The number of carbonyl (C=O) groups is 1. The van der Waals surface area contributed by atoms with Gasteiger partial charge in [-0.1, -0.05) is 41.9 Å². The molecule has 0 fully saturated rings. The second kappa shape index (κ2) is 7.69. The SMILES string of the molecule is O=C(Nc1nc(-c2ccccc2Cl)cs1)c1ccc(Cn2cncn2)cc1. The maximum Gasteiger partial charge on any atom is 0.257 e. The second-order valence-corrected chi connectivity index (χ2v) is 7.03. The molecule has 2 heterocycles. The van der Waals surface area contributed by atoms with Gasteiger partial charge in [0.05, 0.1) is 12.2 Å². The molecule has 0 aliphatic heterocycles. The molecule has 1 amide bonds. The van der Waals surface area contributed by atoms with Crippen LogP contribution in [-0.4, -0.2) is 25.7 Å². The summed E-state index contributed by atoms with van der Waals surface area (Å²) in [5.41, 5.74) is 3.18. The lowest BCUT2D eigenvalue weighted by atomic mass is 10.1. The molecule has 1 N–H and O–H groups in total. The van der Waals surface area contributed by atoms with Gasteiger partial charge in [-0.15, -0.1) is 11.3 Å². The molecule has 0 radical (unpaired) electrons. The Bertz CT molecular complexity index is 1060. The van der Waals surface area contributed by atoms with Gasteiger partial charge in [0, 0.05) is 21.5 Å². The van der Waals surface area contributed by atoms with Gasteiger partial charge in [0.2, 0.25) is 0 Å². The molecule has 0 saturated heterocycles. The molecule has 0 atom stereocenters. The number of carbonyl (C=O) groups excluding carboxylic acids is 1. The number of anilines is 1. The third-order valence-electron chi connectivity index (χ3n) is 3.90. The molecule has 0 saturated carbocycles. The van der Waals surface area contributed by atoms with Crippen LogP contribution >= 0.6 is 22.9 Å². The molecule has 0 spiro atoms. The van der Waals surface area contributed by atoms with E-state index >= 15 is 0 Å². The predicted molar refractivity (Wildman–Crippen MR) is 106 cm³/mol. The number of benzene rings is 2. The van der Waals surface area contributed by atoms with Crippen molar-refractivity contribution in [3.8, 4) is 11.3 Å². The number of hydrogen-bond donors (Lipinski definition) is 1. The van der Waals surface area contributed by atoms with E-state index < -0.39 is 0 Å². The van der Waals surface area contributed by atoms with Crippen LogP contribution < -0.4 is 5.32 Å². The molecule has 4 aromatic rings. The Morgan fingerprint density at radius 1 is 1.15 bits per heavy atom. The van der Waals surface area contributed by atoms with E-state index in [9.17, 15) is 4.79 Å². The Hall–Kier alpha value is -3.03. The van der Waals surface area contributed by atoms with Gasteiger partial charge in [-0.05, 0) is 23.8 Å². The van der Waals surface area contributed by atoms with Gasteiger partial charge in [0.25, 0.3) is 5.91 Å². The Balaban J connectivity index is 1.44. The third kappa shape index (κ3) is 4.05. The monoisotopic (exact) mass is 395 g/mol. The van der Waals surface area contributed by atoms with Crippen LogP contribution in [0.2, 0.25) is 5.02 Å². The number of hydrogen-bond acceptors (Lipinski definition) is 5. The standard InChI is InChI=1S/C19H14ClN5OS/c20-16-4-2-1-3-15(16)17-10-27-19(23-17)24-18(26)14-7-5-13(6-8-14)9-25-12-21-11-22-25/h1-8,10-12H,9H2,(H,23,24,26). The minimum Gasteiger partial charge on any atom is -0.298 e. The fourth-order valence-electron chi connectivity index (χ4n) is 2.56. The third-order valence-corrected chi connectivity index (χ3v) is 4.99. The van der Waals surface area contributed by atoms with E-state index in [4.69, 9.17) is 11.6 Å². The number of nitrogens with zero attached hydrogens (tertiary/aromatic N) is 4. The van der Waals surface area contributed by atoms with Crippen molar-refractivity contribution < 1.29 is 4.79 Å². The van der Waals surface area contributed by atoms with Crippen LogP contribution in [0.25, 0.3) is 11.3 Å². The minimum absolute atomic E-state index is 0.206. The average molecular weight is 396 g/mol. The number of nitrogens with one attached hydrogen (secondary N) is 1. The summed E-state index contributed by atoms with van der Waals surface area (Å²) in [7, 11) is 0. The Morgan fingerprint density at radius 2 is 1.96 bits per heavy atom. The van der Waals surface area contributed by atoms with Crippen molar-refractivity contribution in [3.63, 3.8) is 0 Å². The Kier molecular flexibility index (Phi) is 4.95. The molecule has 0 aliphatic carbocycles. The Labute approximate surface area is 164 Å². The second-order valence-electron chi connectivity index (χ2n) is 5.76. The molecule has 0 unspecified atom stereocenters. The van der Waals surface area contributed by atoms with Gasteiger partial charge >= 0.3 is 0 Å². The highest BCUT2D eigenvalue weighted by molar-refractivity contribution is 7.14. The van der Waals surface area contributed by atoms with E-state index in [2.05, 4.69) is 20.4 Å². The lowest BCUT2D eigenvalue weighted by Gasteiger charge is -2.04. The average Bonchev–Trinajstić information content (AvgIpc) is 3.35. The molecule has 0 bridgehead atoms. The summed E-state index contributed by atoms with van der Waals surface area (Å²) < 4.78 is 1.72. The van der Waals surface area contributed by atoms with Crippen LogP contribution in [-0.2, 0) is 6.54 Å². The number of rotatable bonds is 5. The summed E-state index contributed by atoms with van der Waals surface area (Å²) in [5.74, 6) is -0.206. The van der Waals surface area contributed by atoms with Crippen molar-refractivity contribution in [2.24, 2.45) is 0 Å². The van der Waals surface area contributed by atoms with Crippen LogP contribution in [0.15, 0.2) is 66.6 Å². The topological polar surface area (TPSA) is 72.7 Å². The highest BCUT2D eigenvalue weighted by Gasteiger charge is 2.11. The fraction of sp³-hybridized carbons (Fsp3) is 0.0526. The van der Waals surface area contributed by atoms with E-state index in [0.717, 1.165) is 16.8 Å². The molecular formula is C19H14ClN5OS. The summed E-state index contributed by atoms with van der Waals surface area (Å²) in [5, 5.41) is 9.93. The van der Waals surface area contributed by atoms with Gasteiger partial charge in [-0.25, -0.2) is 14.6 Å². The van der Waals surface area contributed by atoms with Gasteiger partial charge in [0.1, 0.15) is 12.7 Å². The van der Waals surface area contributed by atoms with Crippen molar-refractivity contribution in [1.82, 2.24) is 19.7 Å². The van der Waals surface area contributed by atoms with Crippen LogP contribution in [0.3, 0.4) is 0 Å². The van der Waals surface area contributed by atoms with E-state index in [0.29, 0.717) is 22.3 Å². The summed E-state index contributed by atoms with van der Waals surface area (Å²) >= 11 is 7.56. The first-order valence-corrected chi connectivity index (χ1v) is 9.38. The summed E-state index contributed by atoms with van der Waals surface area (Å²) in [6.45, 7) is 0.607. The van der Waals surface area contributed by atoms with Crippen molar-refractivity contribution in [2.75, 3.05) is 5.32 Å². The first kappa shape index (κ1) is 17.4. The van der Waals surface area contributed by atoms with Crippen molar-refractivity contribution >= 4 is 34.0 Å². The number of halogens is 1. The highest BCUT2D eigenvalue weighted by atomic mass is 35.5. The maximum atomic E-state index is 12.5. The Morgan fingerprint density at radius 3 is 2.70 bits per heavy atom. The van der Waals surface area contributed by atoms with E-state index in [1.54, 1.807) is 23.1 Å². The van der Waals surface area contributed by atoms with Gasteiger partial charge in [-0.3, -0.25) is 10.1 Å². The first-order chi connectivity index (χ1) is 13.2. The van der Waals surface area contributed by atoms with Crippen LogP contribution in [0.4, 0.5) is 5.13 Å². The predicted octanol–water partition coefficient (Wildman–Crippen LogP) is 4.36. The lowest BCUT2D eigenvalue weighted by Crippen LogP contribution is -2.11. The quantitative estimate of drug-likeness (QED) is 0.545. The largest absolute Gasteiger partial charge is 0.298 e. The number of aromatic nitrogens is 4. The van der Waals surface area contributed by atoms with E-state index in [1.165, 1.54) is 17.7 Å². The van der Waals surface area contributed by atoms with Gasteiger partial charge < -0.3 is 0 Å². The lowest BCUT2D eigenvalue weighted by molar-refractivity contribution is 0.102. The molecule has 134 valence electrons. The molecule has 6 nitrogen and oxygen atoms in total. The zero-order valence-corrected chi connectivity index (χ0v) is 15.6. The van der Waals surface area contributed by atoms with Gasteiger partial charge in [-0.2, -0.15) is 5.10 Å². The van der Waals surface area contributed by atoms with Crippen molar-refractivity contribution in [3.05, 3.63) is 82.7 Å². The summed E-state index contributed by atoms with van der Waals surface area (Å²) in [6.07, 6.45) is 3.15. The summed E-state index contributed by atoms with van der Waals surface area (Å²) in [4.78, 5) is 20.8. The van der Waals surface area contributed by atoms with Crippen molar-refractivity contribution in [1.29, 1.82) is 0 Å². The molecular weight excluding hydrogens is 382 g/mol. The first-order valence-electron chi connectivity index (χ1n) is 8.12. The molecule has 0 aliphatic rings. The number of thiazole rings is 1. The van der Waals surface area contributed by atoms with Crippen LogP contribution in [0, 0.1) is 0 Å². The van der Waals surface area contributed by atoms with E-state index in [-0.39, 0.29) is 5.91 Å². The van der Waals surface area contributed by atoms with Gasteiger partial charge in [0.15, 0.2) is 5.13 Å². The molecule has 4 rings (SSSR count). The normalized spacial score (nSPS) is 10.7. The van der Waals surface area contributed by atoms with Crippen LogP contribution in [0.5, 0.6) is 0 Å². The smallest absolute Gasteiger partial charge is 0.257 e. The zero-order chi connectivity index (χ0) is 18.6. The van der Waals surface area contributed by atoms with Crippen LogP contribution in [0.1, 0.15) is 15.9 Å². The zero-order valence-electron chi connectivity index (χ0n) is 14.0. The maximum absolute atomic E-state index is 12.5. The minimum atomic E-state index is -0.206. The molecule has 27 heavy (non-hydrogen) atoms. The number of amides is 1. The summed E-state index contributed by atoms with van der Waals surface area (Å²) in [6, 6.07) is 14.8. The molecule has 2 aromatic carbocycles. The molecule has 8 heteroatoms. The van der Waals surface area contributed by atoms with E-state index in [1.807, 2.05) is 41.8 Å². The highest BCUT2D eigenvalue weighted by Crippen LogP contribution is 2.30.